The van der Waals surface area contributed by atoms with Crippen LogP contribution in [0, 0.1) is 0 Å². The molecule has 2 heterocycles. The van der Waals surface area contributed by atoms with Crippen LogP contribution in [0.1, 0.15) is 63.4 Å². The summed E-state index contributed by atoms with van der Waals surface area (Å²) in [5.41, 5.74) is -0.620. The van der Waals surface area contributed by atoms with E-state index in [1.54, 1.807) is 20.8 Å². The lowest BCUT2D eigenvalue weighted by Crippen LogP contribution is -2.47. The number of nitrogens with one attached hydrogen (secondary N) is 2. The molecule has 2 amide bonds. The molecule has 182 valence electrons. The molecule has 1 aromatic heterocycles. The van der Waals surface area contributed by atoms with E-state index in [1.165, 1.54) is 22.2 Å². The number of amides is 2. The number of sulfonamides is 1. The number of ether oxygens (including phenoxy) is 1. The van der Waals surface area contributed by atoms with Crippen LogP contribution < -0.4 is 10.6 Å². The van der Waals surface area contributed by atoms with Gasteiger partial charge in [-0.25, -0.2) is 13.2 Å². The first-order valence-electron chi connectivity index (χ1n) is 10.9. The van der Waals surface area contributed by atoms with Crippen molar-refractivity contribution in [1.82, 2.24) is 24.7 Å². The van der Waals surface area contributed by atoms with Gasteiger partial charge in [0.25, 0.3) is 5.91 Å². The molecule has 1 aliphatic heterocycles. The summed E-state index contributed by atoms with van der Waals surface area (Å²) in [6.07, 6.45) is 3.64. The maximum absolute atomic E-state index is 13.2. The molecule has 1 fully saturated rings. The van der Waals surface area contributed by atoms with Crippen molar-refractivity contribution in [2.45, 2.75) is 69.4 Å². The van der Waals surface area contributed by atoms with Gasteiger partial charge in [0.15, 0.2) is 0 Å². The minimum Gasteiger partial charge on any atom is -0.444 e. The Morgan fingerprint density at radius 1 is 1.22 bits per heavy atom. The summed E-state index contributed by atoms with van der Waals surface area (Å²) in [4.78, 5) is 24.5. The average molecular weight is 474 g/mol. The Morgan fingerprint density at radius 3 is 2.47 bits per heavy atom. The lowest BCUT2D eigenvalue weighted by atomic mass is 10.1. The zero-order valence-corrected chi connectivity index (χ0v) is 20.1. The number of unbranched alkanes of at least 4 members (excludes halogenated alkanes) is 2. The Hall–Kier alpha value is -2.18. The van der Waals surface area contributed by atoms with Crippen LogP contribution in [-0.2, 0) is 21.8 Å². The number of aliphatic hydroxyl groups is 1. The fourth-order valence-corrected chi connectivity index (χ4v) is 5.04. The number of carbonyl (C=O) groups excluding carboxylic acids is 2. The van der Waals surface area contributed by atoms with Gasteiger partial charge in [-0.2, -0.15) is 9.40 Å². The van der Waals surface area contributed by atoms with Crippen LogP contribution in [0.5, 0.6) is 0 Å². The van der Waals surface area contributed by atoms with Crippen LogP contribution in [0.15, 0.2) is 11.1 Å². The van der Waals surface area contributed by atoms with Crippen molar-refractivity contribution < 1.29 is 27.9 Å². The molecule has 0 unspecified atom stereocenters. The Kier molecular flexibility index (Phi) is 9.05. The molecule has 1 aromatic rings. The van der Waals surface area contributed by atoms with Gasteiger partial charge in [0.05, 0.1) is 6.20 Å². The quantitative estimate of drug-likeness (QED) is 0.454. The summed E-state index contributed by atoms with van der Waals surface area (Å²) in [5, 5.41) is 18.3. The van der Waals surface area contributed by atoms with Crippen molar-refractivity contribution in [3.63, 3.8) is 0 Å². The first-order valence-corrected chi connectivity index (χ1v) is 12.3. The van der Waals surface area contributed by atoms with E-state index in [0.29, 0.717) is 32.2 Å². The monoisotopic (exact) mass is 473 g/mol. The van der Waals surface area contributed by atoms with Gasteiger partial charge in [-0.15, -0.1) is 0 Å². The molecule has 12 heteroatoms. The minimum atomic E-state index is -3.92. The Bertz CT molecular complexity index is 885. The summed E-state index contributed by atoms with van der Waals surface area (Å²) in [7, 11) is -2.40. The molecule has 0 aromatic carbocycles. The lowest BCUT2D eigenvalue weighted by molar-refractivity contribution is 0.0489. The summed E-state index contributed by atoms with van der Waals surface area (Å²) in [6, 6.07) is -0.188. The number of hydrogen-bond acceptors (Lipinski definition) is 7. The van der Waals surface area contributed by atoms with Crippen molar-refractivity contribution in [2.24, 2.45) is 7.05 Å². The maximum atomic E-state index is 13.2. The molecule has 0 bridgehead atoms. The highest BCUT2D eigenvalue weighted by atomic mass is 32.2. The fourth-order valence-electron chi connectivity index (χ4n) is 3.42. The Balaban J connectivity index is 2.00. The zero-order chi connectivity index (χ0) is 23.9. The molecule has 0 aliphatic carbocycles. The number of hydrogen-bond donors (Lipinski definition) is 3. The van der Waals surface area contributed by atoms with Gasteiger partial charge in [-0.3, -0.25) is 9.48 Å². The number of aryl methyl sites for hydroxylation is 1. The van der Waals surface area contributed by atoms with Gasteiger partial charge in [0.1, 0.15) is 16.2 Å². The van der Waals surface area contributed by atoms with E-state index in [-0.39, 0.29) is 36.3 Å². The highest BCUT2D eigenvalue weighted by Crippen LogP contribution is 2.24. The third-order valence-corrected chi connectivity index (χ3v) is 6.93. The predicted molar refractivity (Wildman–Crippen MR) is 118 cm³/mol. The standard InChI is InChI=1S/C20H35N5O6S/c1-20(2,3)31-19(28)23-15-8-11-25(12-9-15)32(29,30)16-14-22-24(4)17(16)18(27)21-10-6-5-7-13-26/h14-15,26H,5-13H2,1-4H3,(H,21,27)(H,23,28). The number of aliphatic hydroxyl groups excluding tert-OH is 1. The molecular formula is C20H35N5O6S. The second-order valence-electron chi connectivity index (χ2n) is 8.85. The van der Waals surface area contributed by atoms with Crippen molar-refractivity contribution in [3.8, 4) is 0 Å². The molecular weight excluding hydrogens is 438 g/mol. The van der Waals surface area contributed by atoms with Gasteiger partial charge in [0, 0.05) is 39.3 Å². The summed E-state index contributed by atoms with van der Waals surface area (Å²) in [6.45, 7) is 6.22. The second kappa shape index (κ2) is 11.1. The van der Waals surface area contributed by atoms with Crippen molar-refractivity contribution >= 4 is 22.0 Å². The van der Waals surface area contributed by atoms with Crippen LogP contribution in [0.4, 0.5) is 4.79 Å². The highest BCUT2D eigenvalue weighted by Gasteiger charge is 2.35. The van der Waals surface area contributed by atoms with E-state index in [4.69, 9.17) is 9.84 Å². The molecule has 11 nitrogen and oxygen atoms in total. The van der Waals surface area contributed by atoms with Crippen LogP contribution in [-0.4, -0.2) is 77.5 Å². The molecule has 0 saturated carbocycles. The van der Waals surface area contributed by atoms with Crippen molar-refractivity contribution in [3.05, 3.63) is 11.9 Å². The number of nitrogens with zero attached hydrogens (tertiary/aromatic N) is 3. The third-order valence-electron chi connectivity index (χ3n) is 5.03. The van der Waals surface area contributed by atoms with Gasteiger partial charge in [-0.05, 0) is 52.9 Å². The zero-order valence-electron chi connectivity index (χ0n) is 19.3. The van der Waals surface area contributed by atoms with Crippen LogP contribution in [0.2, 0.25) is 0 Å². The average Bonchev–Trinajstić information content (AvgIpc) is 3.09. The molecule has 0 atom stereocenters. The first-order chi connectivity index (χ1) is 15.0. The molecule has 0 spiro atoms. The molecule has 1 aliphatic rings. The predicted octanol–water partition coefficient (Wildman–Crippen LogP) is 0.990. The van der Waals surface area contributed by atoms with Crippen LogP contribution in [0.25, 0.3) is 0 Å². The summed E-state index contributed by atoms with van der Waals surface area (Å²) < 4.78 is 34.2. The van der Waals surface area contributed by atoms with Gasteiger partial charge in [-0.1, -0.05) is 0 Å². The molecule has 0 radical (unpaired) electrons. The molecule has 2 rings (SSSR count). The summed E-state index contributed by atoms with van der Waals surface area (Å²) in [5.74, 6) is -0.506. The SMILES string of the molecule is Cn1ncc(S(=O)(=O)N2CCC(NC(=O)OC(C)(C)C)CC2)c1C(=O)NCCCCCO. The normalized spacial score (nSPS) is 16.0. The smallest absolute Gasteiger partial charge is 0.407 e. The van der Waals surface area contributed by atoms with Crippen molar-refractivity contribution in [1.29, 1.82) is 0 Å². The number of rotatable bonds is 9. The first kappa shape index (κ1) is 26.1. The van der Waals surface area contributed by atoms with Gasteiger partial charge in [0.2, 0.25) is 10.0 Å². The van der Waals surface area contributed by atoms with E-state index in [2.05, 4.69) is 15.7 Å². The van der Waals surface area contributed by atoms with E-state index >= 15 is 0 Å². The molecule has 3 N–H and O–H groups in total. The van der Waals surface area contributed by atoms with E-state index in [1.807, 2.05) is 0 Å². The third kappa shape index (κ3) is 7.17. The molecule has 1 saturated heterocycles. The molecule has 32 heavy (non-hydrogen) atoms. The minimum absolute atomic E-state index is 0.0128. The maximum Gasteiger partial charge on any atom is 0.407 e. The van der Waals surface area contributed by atoms with Gasteiger partial charge >= 0.3 is 6.09 Å². The second-order valence-corrected chi connectivity index (χ2v) is 10.8. The number of piperidine rings is 1. The number of alkyl carbamates (subject to hydrolysis) is 1. The van der Waals surface area contributed by atoms with Crippen LogP contribution >= 0.6 is 0 Å². The fraction of sp³-hybridized carbons (Fsp3) is 0.750. The van der Waals surface area contributed by atoms with Crippen molar-refractivity contribution in [2.75, 3.05) is 26.2 Å². The topological polar surface area (TPSA) is 143 Å². The summed E-state index contributed by atoms with van der Waals surface area (Å²) >= 11 is 0. The Labute approximate surface area is 189 Å². The highest BCUT2D eigenvalue weighted by molar-refractivity contribution is 7.89. The van der Waals surface area contributed by atoms with Gasteiger partial charge < -0.3 is 20.5 Å². The number of aromatic nitrogens is 2. The number of carbonyl (C=O) groups is 2. The van der Waals surface area contributed by atoms with Crippen LogP contribution in [0.3, 0.4) is 0 Å². The largest absolute Gasteiger partial charge is 0.444 e. The van der Waals surface area contributed by atoms with E-state index in [9.17, 15) is 18.0 Å². The lowest BCUT2D eigenvalue weighted by Gasteiger charge is -2.32. The van der Waals surface area contributed by atoms with E-state index in [0.717, 1.165) is 6.42 Å². The van der Waals surface area contributed by atoms with E-state index < -0.39 is 27.6 Å². The Morgan fingerprint density at radius 2 is 1.88 bits per heavy atom.